The maximum absolute atomic E-state index is 10.9. The van der Waals surface area contributed by atoms with Crippen molar-refractivity contribution in [2.45, 2.75) is 11.8 Å². The molecule has 16 heavy (non-hydrogen) atoms. The van der Waals surface area contributed by atoms with Crippen LogP contribution in [-0.2, 0) is 19.7 Å². The standard InChI is InChI=1S/C8H10N2O4S.Na.H/c1-6(11)14-10-7-2-4-8(5-3-7)15(9,12)13;;/h2-5,10H,1H3,(H2,9,12,13);;/q;+1;-1. The Labute approximate surface area is 117 Å². The third-order valence-corrected chi connectivity index (χ3v) is 2.42. The second kappa shape index (κ2) is 6.21. The number of nitrogens with one attached hydrogen (secondary N) is 1. The fraction of sp³-hybridized carbons (Fsp3) is 0.125. The van der Waals surface area contributed by atoms with Crippen molar-refractivity contribution in [2.75, 3.05) is 5.48 Å². The van der Waals surface area contributed by atoms with Crippen molar-refractivity contribution in [3.05, 3.63) is 24.3 Å². The third kappa shape index (κ3) is 4.95. The van der Waals surface area contributed by atoms with Gasteiger partial charge in [0.05, 0.1) is 10.6 Å². The van der Waals surface area contributed by atoms with Crippen molar-refractivity contribution < 1.29 is 49.0 Å². The molecule has 0 fully saturated rings. The molecule has 0 saturated carbocycles. The van der Waals surface area contributed by atoms with Crippen LogP contribution in [0.2, 0.25) is 0 Å². The van der Waals surface area contributed by atoms with Gasteiger partial charge in [-0.15, -0.1) is 0 Å². The molecule has 0 unspecified atom stereocenters. The predicted molar refractivity (Wildman–Crippen MR) is 54.3 cm³/mol. The van der Waals surface area contributed by atoms with Gasteiger partial charge >= 0.3 is 35.5 Å². The van der Waals surface area contributed by atoms with Gasteiger partial charge in [-0.05, 0) is 24.3 Å². The van der Waals surface area contributed by atoms with Crippen LogP contribution in [0.4, 0.5) is 5.69 Å². The molecule has 0 aliphatic rings. The number of nitrogens with two attached hydrogens (primary N) is 1. The number of hydrogen-bond donors (Lipinski definition) is 2. The Morgan fingerprint density at radius 3 is 2.25 bits per heavy atom. The van der Waals surface area contributed by atoms with Gasteiger partial charge in [0, 0.05) is 6.92 Å². The first-order valence-electron chi connectivity index (χ1n) is 3.96. The molecule has 1 aromatic rings. The summed E-state index contributed by atoms with van der Waals surface area (Å²) in [4.78, 5) is 14.9. The Hall–Kier alpha value is -0.600. The number of carbonyl (C=O) groups excluding carboxylic acids is 1. The number of sulfonamides is 1. The van der Waals surface area contributed by atoms with Crippen LogP contribution in [0.3, 0.4) is 0 Å². The van der Waals surface area contributed by atoms with E-state index in [-0.39, 0.29) is 35.9 Å². The molecule has 0 saturated heterocycles. The summed E-state index contributed by atoms with van der Waals surface area (Å²) in [6.45, 7) is 1.24. The molecular formula is C8H11N2NaO4S. The molecule has 0 aromatic heterocycles. The first kappa shape index (κ1) is 15.4. The maximum Gasteiger partial charge on any atom is 1.00 e. The van der Waals surface area contributed by atoms with E-state index in [0.29, 0.717) is 5.69 Å². The third-order valence-electron chi connectivity index (χ3n) is 1.50. The van der Waals surface area contributed by atoms with E-state index in [0.717, 1.165) is 0 Å². The summed E-state index contributed by atoms with van der Waals surface area (Å²) >= 11 is 0. The fourth-order valence-electron chi connectivity index (χ4n) is 0.843. The minimum atomic E-state index is -3.69. The molecule has 3 N–H and O–H groups in total. The van der Waals surface area contributed by atoms with Gasteiger partial charge in [0.15, 0.2) is 0 Å². The van der Waals surface area contributed by atoms with Crippen molar-refractivity contribution in [2.24, 2.45) is 5.14 Å². The van der Waals surface area contributed by atoms with Crippen molar-refractivity contribution in [3.63, 3.8) is 0 Å². The minimum absolute atomic E-state index is 0. The molecule has 0 bridgehead atoms. The van der Waals surface area contributed by atoms with E-state index in [4.69, 9.17) is 5.14 Å². The second-order valence-electron chi connectivity index (χ2n) is 2.77. The second-order valence-corrected chi connectivity index (χ2v) is 4.33. The van der Waals surface area contributed by atoms with Crippen LogP contribution in [-0.4, -0.2) is 14.4 Å². The summed E-state index contributed by atoms with van der Waals surface area (Å²) < 4.78 is 21.8. The normalized spacial score (nSPS) is 10.1. The molecule has 0 aliphatic heterocycles. The monoisotopic (exact) mass is 254 g/mol. The van der Waals surface area contributed by atoms with E-state index in [1.54, 1.807) is 0 Å². The smallest absolute Gasteiger partial charge is 1.00 e. The molecule has 0 aliphatic carbocycles. The number of benzene rings is 1. The first-order chi connectivity index (χ1) is 6.89. The van der Waals surface area contributed by atoms with Gasteiger partial charge in [0.1, 0.15) is 0 Å². The molecule has 0 heterocycles. The van der Waals surface area contributed by atoms with Crippen LogP contribution < -0.4 is 40.2 Å². The predicted octanol–water partition coefficient (Wildman–Crippen LogP) is -2.66. The summed E-state index contributed by atoms with van der Waals surface area (Å²) in [7, 11) is -3.69. The van der Waals surface area contributed by atoms with Crippen LogP contribution in [0.15, 0.2) is 29.2 Å². The zero-order valence-corrected chi connectivity index (χ0v) is 11.7. The van der Waals surface area contributed by atoms with E-state index in [9.17, 15) is 13.2 Å². The van der Waals surface area contributed by atoms with Crippen molar-refractivity contribution in [1.29, 1.82) is 0 Å². The van der Waals surface area contributed by atoms with Crippen LogP contribution >= 0.6 is 0 Å². The Morgan fingerprint density at radius 2 is 1.88 bits per heavy atom. The van der Waals surface area contributed by atoms with Gasteiger partial charge in [-0.1, -0.05) is 0 Å². The van der Waals surface area contributed by atoms with Crippen LogP contribution in [0.1, 0.15) is 8.35 Å². The van der Waals surface area contributed by atoms with Gasteiger partial charge < -0.3 is 6.26 Å². The van der Waals surface area contributed by atoms with Gasteiger partial charge in [0.25, 0.3) is 0 Å². The molecule has 6 nitrogen and oxygen atoms in total. The van der Waals surface area contributed by atoms with Gasteiger partial charge in [-0.3, -0.25) is 4.79 Å². The van der Waals surface area contributed by atoms with Crippen LogP contribution in [0.25, 0.3) is 0 Å². The van der Waals surface area contributed by atoms with Gasteiger partial charge in [-0.2, -0.15) is 0 Å². The molecular weight excluding hydrogens is 243 g/mol. The SMILES string of the molecule is CC(=O)ONc1ccc(S(N)(=O)=O)cc1.[H-].[Na+]. The average molecular weight is 254 g/mol. The van der Waals surface area contributed by atoms with Crippen LogP contribution in [0.5, 0.6) is 0 Å². The molecule has 1 aromatic carbocycles. The largest absolute Gasteiger partial charge is 1.00 e. The molecule has 0 atom stereocenters. The van der Waals surface area contributed by atoms with E-state index >= 15 is 0 Å². The Kier molecular flexibility index (Phi) is 5.98. The number of anilines is 1. The summed E-state index contributed by atoms with van der Waals surface area (Å²) in [5.41, 5.74) is 2.79. The van der Waals surface area contributed by atoms with E-state index < -0.39 is 16.0 Å². The summed E-state index contributed by atoms with van der Waals surface area (Å²) in [5.74, 6) is -0.495. The summed E-state index contributed by atoms with van der Waals surface area (Å²) in [5, 5.41) is 4.90. The topological polar surface area (TPSA) is 98.5 Å². The molecule has 0 radical (unpaired) electrons. The molecule has 84 valence electrons. The zero-order valence-electron chi connectivity index (χ0n) is 9.93. The number of hydrogen-bond acceptors (Lipinski definition) is 5. The zero-order chi connectivity index (χ0) is 11.5. The molecule has 1 rings (SSSR count). The minimum Gasteiger partial charge on any atom is -1.00 e. The van der Waals surface area contributed by atoms with E-state index in [2.05, 4.69) is 10.3 Å². The van der Waals surface area contributed by atoms with Crippen molar-refractivity contribution in [1.82, 2.24) is 0 Å². The van der Waals surface area contributed by atoms with Crippen LogP contribution in [0, 0.1) is 0 Å². The van der Waals surface area contributed by atoms with E-state index in [1.165, 1.54) is 31.2 Å². The number of rotatable bonds is 3. The summed E-state index contributed by atoms with van der Waals surface area (Å²) in [6, 6.07) is 5.48. The van der Waals surface area contributed by atoms with Gasteiger partial charge in [0.2, 0.25) is 10.0 Å². The van der Waals surface area contributed by atoms with Crippen molar-refractivity contribution >= 4 is 21.7 Å². The maximum atomic E-state index is 10.9. The number of primary sulfonamides is 1. The first-order valence-corrected chi connectivity index (χ1v) is 5.50. The molecule has 8 heteroatoms. The summed E-state index contributed by atoms with van der Waals surface area (Å²) in [6.07, 6.45) is 0. The quantitative estimate of drug-likeness (QED) is 0.453. The number of carbonyl (C=O) groups is 1. The van der Waals surface area contributed by atoms with Gasteiger partial charge in [-0.25, -0.2) is 19.0 Å². The average Bonchev–Trinajstić information content (AvgIpc) is 2.14. The Balaban J connectivity index is 0. The molecule has 0 spiro atoms. The Morgan fingerprint density at radius 1 is 1.38 bits per heavy atom. The van der Waals surface area contributed by atoms with Crippen molar-refractivity contribution in [3.8, 4) is 0 Å². The Bertz CT molecular complexity index is 463. The van der Waals surface area contributed by atoms with E-state index in [1.807, 2.05) is 0 Å². The molecule has 0 amide bonds. The fourth-order valence-corrected chi connectivity index (χ4v) is 1.36.